The zero-order valence-corrected chi connectivity index (χ0v) is 12.1. The van der Waals surface area contributed by atoms with Crippen LogP contribution in [-0.4, -0.2) is 16.3 Å². The number of rotatable bonds is 7. The summed E-state index contributed by atoms with van der Waals surface area (Å²) in [6.45, 7) is 6.40. The number of aromatic nitrogens is 1. The molecule has 4 nitrogen and oxygen atoms in total. The third kappa shape index (κ3) is 3.54. The summed E-state index contributed by atoms with van der Waals surface area (Å²) in [7, 11) is 0. The molecule has 2 aromatic rings. The summed E-state index contributed by atoms with van der Waals surface area (Å²) in [6.07, 6.45) is 4.21. The number of anilines is 1. The minimum absolute atomic E-state index is 0.0168. The maximum Gasteiger partial charge on any atom is 0.124 e. The first-order valence-corrected chi connectivity index (χ1v) is 7.02. The first-order valence-electron chi connectivity index (χ1n) is 7.02. The van der Waals surface area contributed by atoms with Gasteiger partial charge in [-0.2, -0.15) is 0 Å². The van der Waals surface area contributed by atoms with Crippen LogP contribution in [0, 0.1) is 0 Å². The Bertz CT molecular complexity index is 549. The van der Waals surface area contributed by atoms with Gasteiger partial charge in [0, 0.05) is 36.7 Å². The molecule has 0 aliphatic rings. The molecule has 20 heavy (non-hydrogen) atoms. The number of hydrogen-bond donors (Lipinski definition) is 2. The number of aliphatic hydroxyl groups is 1. The van der Waals surface area contributed by atoms with E-state index >= 15 is 0 Å². The summed E-state index contributed by atoms with van der Waals surface area (Å²) in [4.78, 5) is 0. The van der Waals surface area contributed by atoms with Crippen molar-refractivity contribution in [3.63, 3.8) is 0 Å². The van der Waals surface area contributed by atoms with Crippen LogP contribution in [-0.2, 0) is 19.7 Å². The van der Waals surface area contributed by atoms with E-state index in [-0.39, 0.29) is 6.61 Å². The van der Waals surface area contributed by atoms with Gasteiger partial charge in [0.2, 0.25) is 0 Å². The first kappa shape index (κ1) is 14.5. The van der Waals surface area contributed by atoms with Gasteiger partial charge in [0.1, 0.15) is 5.75 Å². The minimum atomic E-state index is -0.0168. The molecule has 2 N–H and O–H groups in total. The highest BCUT2D eigenvalue weighted by Crippen LogP contribution is 2.23. The fourth-order valence-electron chi connectivity index (χ4n) is 2.11. The van der Waals surface area contributed by atoms with Gasteiger partial charge in [-0.15, -0.1) is 0 Å². The van der Waals surface area contributed by atoms with Crippen molar-refractivity contribution in [2.75, 3.05) is 11.9 Å². The van der Waals surface area contributed by atoms with E-state index in [0.29, 0.717) is 6.61 Å². The van der Waals surface area contributed by atoms with E-state index in [9.17, 15) is 5.11 Å². The minimum Gasteiger partial charge on any atom is -0.494 e. The van der Waals surface area contributed by atoms with Crippen LogP contribution in [0.4, 0.5) is 5.69 Å². The molecule has 1 aromatic heterocycles. The number of nitrogens with one attached hydrogen (secondary N) is 1. The van der Waals surface area contributed by atoms with E-state index < -0.39 is 0 Å². The Morgan fingerprint density at radius 1 is 1.25 bits per heavy atom. The van der Waals surface area contributed by atoms with E-state index in [1.165, 1.54) is 5.56 Å². The van der Waals surface area contributed by atoms with Crippen molar-refractivity contribution in [1.29, 1.82) is 0 Å². The fourth-order valence-corrected chi connectivity index (χ4v) is 2.11. The number of nitrogens with zero attached hydrogens (tertiary/aromatic N) is 1. The molecule has 1 aromatic carbocycles. The number of aryl methyl sites for hydroxylation is 1. The van der Waals surface area contributed by atoms with E-state index in [1.54, 1.807) is 0 Å². The monoisotopic (exact) mass is 274 g/mol. The lowest BCUT2D eigenvalue weighted by molar-refractivity contribution is 0.267. The summed E-state index contributed by atoms with van der Waals surface area (Å²) >= 11 is 0. The van der Waals surface area contributed by atoms with E-state index in [0.717, 1.165) is 30.1 Å². The van der Waals surface area contributed by atoms with Gasteiger partial charge in [-0.3, -0.25) is 0 Å². The van der Waals surface area contributed by atoms with Crippen molar-refractivity contribution >= 4 is 5.69 Å². The van der Waals surface area contributed by atoms with Crippen LogP contribution >= 0.6 is 0 Å². The quantitative estimate of drug-likeness (QED) is 0.816. The van der Waals surface area contributed by atoms with Crippen molar-refractivity contribution < 1.29 is 9.84 Å². The summed E-state index contributed by atoms with van der Waals surface area (Å²) in [5.41, 5.74) is 3.04. The highest BCUT2D eigenvalue weighted by molar-refractivity contribution is 5.51. The van der Waals surface area contributed by atoms with Gasteiger partial charge in [-0.25, -0.2) is 0 Å². The molecule has 0 fully saturated rings. The lowest BCUT2D eigenvalue weighted by Gasteiger charge is -2.11. The van der Waals surface area contributed by atoms with Crippen molar-refractivity contribution in [1.82, 2.24) is 4.57 Å². The molecule has 0 saturated carbocycles. The molecule has 2 rings (SSSR count). The van der Waals surface area contributed by atoms with Crippen molar-refractivity contribution in [3.8, 4) is 5.75 Å². The van der Waals surface area contributed by atoms with Crippen LogP contribution in [0.1, 0.15) is 25.0 Å². The van der Waals surface area contributed by atoms with Gasteiger partial charge in [0.25, 0.3) is 0 Å². The van der Waals surface area contributed by atoms with Gasteiger partial charge in [0.05, 0.1) is 13.2 Å². The lowest BCUT2D eigenvalue weighted by atomic mass is 10.2. The zero-order valence-electron chi connectivity index (χ0n) is 12.1. The van der Waals surface area contributed by atoms with Gasteiger partial charge in [0.15, 0.2) is 0 Å². The molecule has 108 valence electrons. The summed E-state index contributed by atoms with van der Waals surface area (Å²) in [5.74, 6) is 0.748. The molecular weight excluding hydrogens is 252 g/mol. The Morgan fingerprint density at radius 3 is 2.75 bits per heavy atom. The Hall–Kier alpha value is -1.94. The molecule has 4 heteroatoms. The second kappa shape index (κ2) is 7.01. The normalized spacial score (nSPS) is 10.6. The smallest absolute Gasteiger partial charge is 0.124 e. The van der Waals surface area contributed by atoms with E-state index in [1.807, 2.05) is 25.1 Å². The van der Waals surface area contributed by atoms with Crippen LogP contribution in [0.25, 0.3) is 0 Å². The van der Waals surface area contributed by atoms with Crippen molar-refractivity contribution in [2.24, 2.45) is 0 Å². The van der Waals surface area contributed by atoms with Crippen LogP contribution in [0.2, 0.25) is 0 Å². The highest BCUT2D eigenvalue weighted by atomic mass is 16.5. The molecule has 0 radical (unpaired) electrons. The molecule has 1 heterocycles. The Balaban J connectivity index is 2.02. The summed E-state index contributed by atoms with van der Waals surface area (Å²) in [6, 6.07) is 7.91. The molecule has 0 aliphatic carbocycles. The topological polar surface area (TPSA) is 46.4 Å². The third-order valence-electron chi connectivity index (χ3n) is 3.20. The Labute approximate surface area is 120 Å². The molecule has 0 aliphatic heterocycles. The maximum absolute atomic E-state index is 9.38. The molecule has 0 bridgehead atoms. The summed E-state index contributed by atoms with van der Waals surface area (Å²) < 4.78 is 7.62. The van der Waals surface area contributed by atoms with Crippen LogP contribution < -0.4 is 10.1 Å². The SMILES string of the molecule is CCOc1ccc(NCc2ccn(CC)c2)cc1CO. The maximum atomic E-state index is 9.38. The average Bonchev–Trinajstić information content (AvgIpc) is 2.94. The molecule has 0 amide bonds. The predicted octanol–water partition coefficient (Wildman–Crippen LogP) is 3.01. The molecule has 0 spiro atoms. The van der Waals surface area contributed by atoms with Crippen LogP contribution in [0.15, 0.2) is 36.7 Å². The van der Waals surface area contributed by atoms with Crippen molar-refractivity contribution in [3.05, 3.63) is 47.8 Å². The zero-order chi connectivity index (χ0) is 14.4. The lowest BCUT2D eigenvalue weighted by Crippen LogP contribution is -2.01. The van der Waals surface area contributed by atoms with E-state index in [4.69, 9.17) is 4.74 Å². The second-order valence-corrected chi connectivity index (χ2v) is 4.62. The fraction of sp³-hybridized carbons (Fsp3) is 0.375. The largest absolute Gasteiger partial charge is 0.494 e. The number of aliphatic hydroxyl groups excluding tert-OH is 1. The average molecular weight is 274 g/mol. The second-order valence-electron chi connectivity index (χ2n) is 4.62. The first-order chi connectivity index (χ1) is 9.76. The van der Waals surface area contributed by atoms with Gasteiger partial charge < -0.3 is 19.7 Å². The van der Waals surface area contributed by atoms with Gasteiger partial charge >= 0.3 is 0 Å². The number of hydrogen-bond acceptors (Lipinski definition) is 3. The van der Waals surface area contributed by atoms with Gasteiger partial charge in [-0.1, -0.05) is 0 Å². The molecular formula is C16H22N2O2. The van der Waals surface area contributed by atoms with Gasteiger partial charge in [-0.05, 0) is 43.7 Å². The van der Waals surface area contributed by atoms with E-state index in [2.05, 4.69) is 35.3 Å². The van der Waals surface area contributed by atoms with Crippen LogP contribution in [0.3, 0.4) is 0 Å². The standard InChI is InChI=1S/C16H22N2O2/c1-3-18-8-7-13(11-18)10-17-15-5-6-16(20-4-2)14(9-15)12-19/h5-9,11,17,19H,3-4,10,12H2,1-2H3. The number of ether oxygens (including phenoxy) is 1. The van der Waals surface area contributed by atoms with Crippen LogP contribution in [0.5, 0.6) is 5.75 Å². The number of benzene rings is 1. The van der Waals surface area contributed by atoms with Crippen molar-refractivity contribution in [2.45, 2.75) is 33.5 Å². The Kier molecular flexibility index (Phi) is 5.07. The molecule has 0 unspecified atom stereocenters. The summed E-state index contributed by atoms with van der Waals surface area (Å²) in [5, 5.41) is 12.7. The highest BCUT2D eigenvalue weighted by Gasteiger charge is 2.04. The molecule has 0 atom stereocenters. The molecule has 0 saturated heterocycles. The predicted molar refractivity (Wildman–Crippen MR) is 81.0 cm³/mol. The Morgan fingerprint density at radius 2 is 2.10 bits per heavy atom. The third-order valence-corrected chi connectivity index (χ3v) is 3.20.